The average molecular weight is 267 g/mol. The first-order valence-electron chi connectivity index (χ1n) is 7.06. The molecule has 1 fully saturated rings. The first-order valence-corrected chi connectivity index (χ1v) is 7.06. The molecule has 19 heavy (non-hydrogen) atoms. The largest absolute Gasteiger partial charge is 0.376 e. The summed E-state index contributed by atoms with van der Waals surface area (Å²) in [6.45, 7) is 5.13. The standard InChI is InChI=1S/C13H25N5O/c1-4-18-11(9-15-17-18)12(16-14)13(19-3)7-5-10(2)6-8-13/h9-10,12,16H,4-8,14H2,1-3H3. The van der Waals surface area contributed by atoms with E-state index in [0.717, 1.165) is 31.0 Å². The summed E-state index contributed by atoms with van der Waals surface area (Å²) in [5, 5.41) is 8.09. The average Bonchev–Trinajstić information content (AvgIpc) is 2.90. The van der Waals surface area contributed by atoms with Crippen LogP contribution in [0.3, 0.4) is 0 Å². The van der Waals surface area contributed by atoms with Crippen LogP contribution in [0, 0.1) is 5.92 Å². The van der Waals surface area contributed by atoms with Gasteiger partial charge in [-0.2, -0.15) is 0 Å². The molecule has 1 aromatic heterocycles. The van der Waals surface area contributed by atoms with E-state index in [1.165, 1.54) is 12.8 Å². The Kier molecular flexibility index (Phi) is 4.54. The highest BCUT2D eigenvalue weighted by Gasteiger charge is 2.43. The van der Waals surface area contributed by atoms with Gasteiger partial charge in [-0.25, -0.2) is 10.1 Å². The molecule has 6 nitrogen and oxygen atoms in total. The van der Waals surface area contributed by atoms with E-state index in [1.807, 2.05) is 11.6 Å². The van der Waals surface area contributed by atoms with Crippen LogP contribution in [0.2, 0.25) is 0 Å². The number of nitrogens with two attached hydrogens (primary N) is 1. The van der Waals surface area contributed by atoms with Crippen molar-refractivity contribution in [2.45, 2.75) is 57.7 Å². The van der Waals surface area contributed by atoms with Crippen LogP contribution in [0.4, 0.5) is 0 Å². The number of methoxy groups -OCH3 is 1. The summed E-state index contributed by atoms with van der Waals surface area (Å²) in [6.07, 6.45) is 6.13. The number of hydrazine groups is 1. The molecule has 3 N–H and O–H groups in total. The molecule has 0 saturated heterocycles. The Labute approximate surface area is 114 Å². The minimum absolute atomic E-state index is 0.0695. The van der Waals surface area contributed by atoms with Crippen molar-refractivity contribution in [3.8, 4) is 0 Å². The van der Waals surface area contributed by atoms with E-state index in [2.05, 4.69) is 22.7 Å². The lowest BCUT2D eigenvalue weighted by Crippen LogP contribution is -2.50. The summed E-state index contributed by atoms with van der Waals surface area (Å²) < 4.78 is 7.77. The molecule has 0 aromatic carbocycles. The van der Waals surface area contributed by atoms with Gasteiger partial charge in [0.1, 0.15) is 0 Å². The Bertz CT molecular complexity index is 397. The molecule has 0 bridgehead atoms. The van der Waals surface area contributed by atoms with Crippen molar-refractivity contribution in [3.63, 3.8) is 0 Å². The molecule has 1 heterocycles. The van der Waals surface area contributed by atoms with Crippen LogP contribution in [0.15, 0.2) is 6.20 Å². The fraction of sp³-hybridized carbons (Fsp3) is 0.846. The highest BCUT2D eigenvalue weighted by molar-refractivity contribution is 5.11. The van der Waals surface area contributed by atoms with Gasteiger partial charge in [0.2, 0.25) is 0 Å². The van der Waals surface area contributed by atoms with Crippen LogP contribution in [-0.2, 0) is 11.3 Å². The maximum atomic E-state index is 5.89. The van der Waals surface area contributed by atoms with E-state index in [4.69, 9.17) is 10.6 Å². The number of nitrogens with zero attached hydrogens (tertiary/aromatic N) is 3. The molecule has 2 rings (SSSR count). The number of hydrogen-bond donors (Lipinski definition) is 2. The van der Waals surface area contributed by atoms with Gasteiger partial charge in [-0.3, -0.25) is 5.84 Å². The number of ether oxygens (including phenoxy) is 1. The molecule has 1 unspecified atom stereocenters. The summed E-state index contributed by atoms with van der Waals surface area (Å²) in [5.41, 5.74) is 3.68. The normalized spacial score (nSPS) is 29.4. The lowest BCUT2D eigenvalue weighted by molar-refractivity contribution is -0.0779. The van der Waals surface area contributed by atoms with Gasteiger partial charge in [0, 0.05) is 13.7 Å². The summed E-state index contributed by atoms with van der Waals surface area (Å²) >= 11 is 0. The van der Waals surface area contributed by atoms with Gasteiger partial charge in [0.25, 0.3) is 0 Å². The monoisotopic (exact) mass is 267 g/mol. The second-order valence-corrected chi connectivity index (χ2v) is 5.53. The topological polar surface area (TPSA) is 78.0 Å². The fourth-order valence-corrected chi connectivity index (χ4v) is 3.10. The van der Waals surface area contributed by atoms with E-state index in [1.54, 1.807) is 13.3 Å². The molecule has 0 amide bonds. The molecule has 1 atom stereocenters. The molecule has 0 radical (unpaired) electrons. The van der Waals surface area contributed by atoms with Crippen LogP contribution in [0.5, 0.6) is 0 Å². The van der Waals surface area contributed by atoms with Gasteiger partial charge in [0.15, 0.2) is 0 Å². The lowest BCUT2D eigenvalue weighted by Gasteiger charge is -2.43. The third kappa shape index (κ3) is 2.66. The fourth-order valence-electron chi connectivity index (χ4n) is 3.10. The summed E-state index contributed by atoms with van der Waals surface area (Å²) in [5.74, 6) is 6.58. The molecule has 1 aliphatic carbocycles. The molecule has 1 saturated carbocycles. The number of aryl methyl sites for hydroxylation is 1. The smallest absolute Gasteiger partial charge is 0.0934 e. The van der Waals surface area contributed by atoms with E-state index in [0.29, 0.717) is 0 Å². The van der Waals surface area contributed by atoms with Gasteiger partial charge in [0.05, 0.1) is 23.5 Å². The Morgan fingerprint density at radius 3 is 2.79 bits per heavy atom. The Hall–Kier alpha value is -0.980. The predicted octanol–water partition coefficient (Wildman–Crippen LogP) is 1.40. The van der Waals surface area contributed by atoms with E-state index >= 15 is 0 Å². The number of aromatic nitrogens is 3. The van der Waals surface area contributed by atoms with Crippen molar-refractivity contribution < 1.29 is 4.74 Å². The highest BCUT2D eigenvalue weighted by Crippen LogP contribution is 2.42. The van der Waals surface area contributed by atoms with E-state index in [9.17, 15) is 0 Å². The number of rotatable bonds is 5. The van der Waals surface area contributed by atoms with Crippen LogP contribution in [-0.4, -0.2) is 27.7 Å². The third-order valence-corrected chi connectivity index (χ3v) is 4.46. The molecular formula is C13H25N5O. The summed E-state index contributed by atoms with van der Waals surface area (Å²) in [6, 6.07) is -0.0695. The molecule has 1 aliphatic rings. The molecule has 1 aromatic rings. The second-order valence-electron chi connectivity index (χ2n) is 5.53. The number of nitrogens with one attached hydrogen (secondary N) is 1. The first kappa shape index (κ1) is 14.4. The number of hydrogen-bond acceptors (Lipinski definition) is 5. The maximum Gasteiger partial charge on any atom is 0.0934 e. The van der Waals surface area contributed by atoms with Crippen LogP contribution < -0.4 is 11.3 Å². The second kappa shape index (κ2) is 5.98. The van der Waals surface area contributed by atoms with E-state index < -0.39 is 0 Å². The molecule has 108 valence electrons. The van der Waals surface area contributed by atoms with Crippen molar-refractivity contribution in [2.24, 2.45) is 11.8 Å². The highest BCUT2D eigenvalue weighted by atomic mass is 16.5. The van der Waals surface area contributed by atoms with Crippen LogP contribution in [0.1, 0.15) is 51.3 Å². The van der Waals surface area contributed by atoms with Gasteiger partial charge >= 0.3 is 0 Å². The van der Waals surface area contributed by atoms with Gasteiger partial charge in [-0.05, 0) is 38.5 Å². The molecular weight excluding hydrogens is 242 g/mol. The van der Waals surface area contributed by atoms with Crippen LogP contribution in [0.25, 0.3) is 0 Å². The lowest BCUT2D eigenvalue weighted by atomic mass is 9.74. The van der Waals surface area contributed by atoms with Gasteiger partial charge < -0.3 is 4.74 Å². The van der Waals surface area contributed by atoms with Crippen LogP contribution >= 0.6 is 0 Å². The zero-order valence-electron chi connectivity index (χ0n) is 12.1. The Morgan fingerprint density at radius 1 is 1.58 bits per heavy atom. The molecule has 6 heteroatoms. The van der Waals surface area contributed by atoms with Crippen molar-refractivity contribution in [1.29, 1.82) is 0 Å². The minimum atomic E-state index is -0.254. The van der Waals surface area contributed by atoms with E-state index in [-0.39, 0.29) is 11.6 Å². The maximum absolute atomic E-state index is 5.89. The Balaban J connectivity index is 2.28. The van der Waals surface area contributed by atoms with Gasteiger partial charge in [-0.15, -0.1) is 5.10 Å². The SMILES string of the molecule is CCn1nncc1C(NN)C1(OC)CCC(C)CC1. The third-order valence-electron chi connectivity index (χ3n) is 4.46. The minimum Gasteiger partial charge on any atom is -0.376 e. The van der Waals surface area contributed by atoms with Crippen molar-refractivity contribution in [2.75, 3.05) is 7.11 Å². The quantitative estimate of drug-likeness (QED) is 0.623. The zero-order chi connectivity index (χ0) is 13.9. The van der Waals surface area contributed by atoms with Crippen molar-refractivity contribution >= 4 is 0 Å². The van der Waals surface area contributed by atoms with Crippen molar-refractivity contribution in [3.05, 3.63) is 11.9 Å². The summed E-state index contributed by atoms with van der Waals surface area (Å²) in [7, 11) is 1.78. The molecule has 0 spiro atoms. The Morgan fingerprint density at radius 2 is 2.26 bits per heavy atom. The van der Waals surface area contributed by atoms with Gasteiger partial charge in [-0.1, -0.05) is 12.1 Å². The molecule has 0 aliphatic heterocycles. The first-order chi connectivity index (χ1) is 9.16. The zero-order valence-corrected chi connectivity index (χ0v) is 12.1. The van der Waals surface area contributed by atoms with Crippen molar-refractivity contribution in [1.82, 2.24) is 20.4 Å². The predicted molar refractivity (Wildman–Crippen MR) is 73.1 cm³/mol. The summed E-state index contributed by atoms with van der Waals surface area (Å²) in [4.78, 5) is 0.